The molecule has 2 aliphatic heterocycles. The molecule has 2 saturated heterocycles. The van der Waals surface area contributed by atoms with Crippen molar-refractivity contribution in [2.24, 2.45) is 0 Å². The summed E-state index contributed by atoms with van der Waals surface area (Å²) in [7, 11) is -3.55. The molecule has 3 heterocycles. The lowest BCUT2D eigenvalue weighted by molar-refractivity contribution is 0.0691. The number of morpholine rings is 1. The number of aryl methyl sites for hydroxylation is 1. The van der Waals surface area contributed by atoms with Crippen molar-refractivity contribution in [3.05, 3.63) is 46.6 Å². The van der Waals surface area contributed by atoms with Crippen molar-refractivity contribution in [3.63, 3.8) is 0 Å². The van der Waals surface area contributed by atoms with Gasteiger partial charge in [-0.15, -0.1) is 0 Å². The minimum absolute atomic E-state index is 0.227. The number of rotatable bonds is 4. The predicted octanol–water partition coefficient (Wildman–Crippen LogP) is 0.201. The zero-order chi connectivity index (χ0) is 22.0. The van der Waals surface area contributed by atoms with Crippen molar-refractivity contribution in [1.29, 1.82) is 0 Å². The molecule has 0 bridgehead atoms. The van der Waals surface area contributed by atoms with Gasteiger partial charge in [0.15, 0.2) is 0 Å². The maximum atomic E-state index is 12.8. The maximum absolute atomic E-state index is 12.8. The Morgan fingerprint density at radius 1 is 1.03 bits per heavy atom. The number of carbonyl (C=O) groups excluding carboxylic acids is 1. The number of para-hydroxylation sites is 2. The van der Waals surface area contributed by atoms with Crippen LogP contribution in [0.1, 0.15) is 5.69 Å². The van der Waals surface area contributed by atoms with Gasteiger partial charge < -0.3 is 19.9 Å². The molecule has 0 spiro atoms. The number of aromatic amines is 1. The number of hydrogen-bond donors (Lipinski definition) is 2. The van der Waals surface area contributed by atoms with Crippen molar-refractivity contribution >= 4 is 21.9 Å². The number of hydrogen-bond acceptors (Lipinski definition) is 5. The van der Waals surface area contributed by atoms with Crippen LogP contribution in [-0.2, 0) is 14.9 Å². The molecule has 11 nitrogen and oxygen atoms in total. The highest BCUT2D eigenvalue weighted by molar-refractivity contribution is 7.86. The van der Waals surface area contributed by atoms with E-state index in [0.717, 1.165) is 0 Å². The third kappa shape index (κ3) is 4.37. The van der Waals surface area contributed by atoms with E-state index in [1.54, 1.807) is 42.3 Å². The first kappa shape index (κ1) is 21.6. The first-order valence-electron chi connectivity index (χ1n) is 10.1. The Bertz CT molecular complexity index is 1100. The smallest absolute Gasteiger partial charge is 0.330 e. The molecule has 1 aromatic heterocycles. The molecule has 168 valence electrons. The van der Waals surface area contributed by atoms with Crippen LogP contribution in [0.4, 0.5) is 10.5 Å². The van der Waals surface area contributed by atoms with E-state index < -0.39 is 10.2 Å². The van der Waals surface area contributed by atoms with E-state index in [4.69, 9.17) is 4.74 Å². The Balaban J connectivity index is 1.42. The van der Waals surface area contributed by atoms with E-state index in [9.17, 15) is 18.0 Å². The van der Waals surface area contributed by atoms with Crippen LogP contribution < -0.4 is 11.0 Å². The summed E-state index contributed by atoms with van der Waals surface area (Å²) in [5.74, 6) is 0. The van der Waals surface area contributed by atoms with Crippen molar-refractivity contribution in [2.45, 2.75) is 6.92 Å². The summed E-state index contributed by atoms with van der Waals surface area (Å²) in [5, 5.41) is 2.86. The van der Waals surface area contributed by atoms with Crippen LogP contribution in [0.25, 0.3) is 5.69 Å². The van der Waals surface area contributed by atoms with Crippen LogP contribution in [0.3, 0.4) is 0 Å². The summed E-state index contributed by atoms with van der Waals surface area (Å²) in [4.78, 5) is 29.2. The molecule has 1 aromatic carbocycles. The number of amides is 2. The van der Waals surface area contributed by atoms with Crippen LogP contribution in [0.5, 0.6) is 0 Å². The highest BCUT2D eigenvalue weighted by atomic mass is 32.2. The molecular formula is C19H26N6O5S. The van der Waals surface area contributed by atoms with Gasteiger partial charge in [-0.25, -0.2) is 9.59 Å². The number of urea groups is 1. The van der Waals surface area contributed by atoms with E-state index in [2.05, 4.69) is 10.3 Å². The largest absolute Gasteiger partial charge is 0.379 e. The second-order valence-corrected chi connectivity index (χ2v) is 9.35. The SMILES string of the molecule is Cc1c[nH]c(=O)n1-c1ccccc1NC(=O)N1CCN(S(=O)(=O)N2CCOCC2)CC1. The number of benzene rings is 1. The highest BCUT2D eigenvalue weighted by Crippen LogP contribution is 2.21. The van der Waals surface area contributed by atoms with Gasteiger partial charge in [-0.05, 0) is 19.1 Å². The minimum atomic E-state index is -3.55. The molecule has 0 atom stereocenters. The monoisotopic (exact) mass is 450 g/mol. The molecule has 12 heteroatoms. The summed E-state index contributed by atoms with van der Waals surface area (Å²) in [5.41, 5.74) is 1.49. The van der Waals surface area contributed by atoms with E-state index in [0.29, 0.717) is 43.4 Å². The topological polar surface area (TPSA) is 120 Å². The maximum Gasteiger partial charge on any atom is 0.330 e. The standard InChI is InChI=1S/C19H26N6O5S/c1-15-14-20-18(26)25(15)17-5-3-2-4-16(17)21-19(27)22-6-8-23(9-7-22)31(28,29)24-10-12-30-13-11-24/h2-5,14H,6-13H2,1H3,(H,20,26)(H,21,27). The molecule has 0 aliphatic carbocycles. The molecule has 2 fully saturated rings. The molecule has 0 radical (unpaired) electrons. The molecule has 4 rings (SSSR count). The number of nitrogens with zero attached hydrogens (tertiary/aromatic N) is 4. The zero-order valence-electron chi connectivity index (χ0n) is 17.3. The number of imidazole rings is 1. The fraction of sp³-hybridized carbons (Fsp3) is 0.474. The zero-order valence-corrected chi connectivity index (χ0v) is 18.1. The van der Waals surface area contributed by atoms with Crippen molar-refractivity contribution in [1.82, 2.24) is 23.1 Å². The van der Waals surface area contributed by atoms with Crippen molar-refractivity contribution in [3.8, 4) is 5.69 Å². The Morgan fingerprint density at radius 3 is 2.32 bits per heavy atom. The molecule has 0 unspecified atom stereocenters. The van der Waals surface area contributed by atoms with Gasteiger partial charge in [-0.2, -0.15) is 17.0 Å². The van der Waals surface area contributed by atoms with Crippen LogP contribution >= 0.6 is 0 Å². The lowest BCUT2D eigenvalue weighted by Gasteiger charge is -2.37. The van der Waals surface area contributed by atoms with Crippen LogP contribution in [0.15, 0.2) is 35.3 Å². The molecule has 2 amide bonds. The average molecular weight is 451 g/mol. The number of aromatic nitrogens is 2. The summed E-state index contributed by atoms with van der Waals surface area (Å²) in [6, 6.07) is 6.71. The Morgan fingerprint density at radius 2 is 1.68 bits per heavy atom. The first-order chi connectivity index (χ1) is 14.9. The summed E-state index contributed by atoms with van der Waals surface area (Å²) < 4.78 is 35.1. The lowest BCUT2D eigenvalue weighted by Crippen LogP contribution is -2.56. The van der Waals surface area contributed by atoms with E-state index in [1.807, 2.05) is 0 Å². The summed E-state index contributed by atoms with van der Waals surface area (Å²) in [6.45, 7) is 4.28. The number of piperazine rings is 1. The van der Waals surface area contributed by atoms with E-state index in [1.165, 1.54) is 13.2 Å². The van der Waals surface area contributed by atoms with Crippen molar-refractivity contribution < 1.29 is 17.9 Å². The predicted molar refractivity (Wildman–Crippen MR) is 115 cm³/mol. The quantitative estimate of drug-likeness (QED) is 0.690. The Kier molecular flexibility index (Phi) is 6.14. The minimum Gasteiger partial charge on any atom is -0.379 e. The molecule has 2 aromatic rings. The number of ether oxygens (including phenoxy) is 1. The fourth-order valence-corrected chi connectivity index (χ4v) is 5.35. The van der Waals surface area contributed by atoms with Gasteiger partial charge in [-0.1, -0.05) is 12.1 Å². The summed E-state index contributed by atoms with van der Waals surface area (Å²) >= 11 is 0. The third-order valence-electron chi connectivity index (χ3n) is 5.50. The van der Waals surface area contributed by atoms with Gasteiger partial charge in [0.1, 0.15) is 0 Å². The summed E-state index contributed by atoms with van der Waals surface area (Å²) in [6.07, 6.45) is 1.61. The number of carbonyl (C=O) groups is 1. The average Bonchev–Trinajstić information content (AvgIpc) is 3.12. The van der Waals surface area contributed by atoms with Crippen LogP contribution in [0, 0.1) is 6.92 Å². The highest BCUT2D eigenvalue weighted by Gasteiger charge is 2.34. The molecule has 31 heavy (non-hydrogen) atoms. The van der Waals surface area contributed by atoms with Gasteiger partial charge in [0.05, 0.1) is 24.6 Å². The van der Waals surface area contributed by atoms with Gasteiger partial charge in [0.25, 0.3) is 10.2 Å². The Hall–Kier alpha value is -2.67. The van der Waals surface area contributed by atoms with Gasteiger partial charge in [0.2, 0.25) is 0 Å². The van der Waals surface area contributed by atoms with Crippen LogP contribution in [0.2, 0.25) is 0 Å². The van der Waals surface area contributed by atoms with E-state index in [-0.39, 0.29) is 37.9 Å². The normalized spacial score (nSPS) is 18.8. The molecular weight excluding hydrogens is 424 g/mol. The molecule has 2 N–H and O–H groups in total. The number of H-pyrrole nitrogens is 1. The fourth-order valence-electron chi connectivity index (χ4n) is 3.79. The second kappa shape index (κ2) is 8.83. The Labute approximate surface area is 180 Å². The lowest BCUT2D eigenvalue weighted by atomic mass is 10.2. The van der Waals surface area contributed by atoms with Crippen molar-refractivity contribution in [2.75, 3.05) is 57.8 Å². The van der Waals surface area contributed by atoms with Gasteiger partial charge in [0, 0.05) is 51.2 Å². The number of nitrogens with one attached hydrogen (secondary N) is 2. The van der Waals surface area contributed by atoms with Gasteiger partial charge in [-0.3, -0.25) is 4.57 Å². The van der Waals surface area contributed by atoms with Gasteiger partial charge >= 0.3 is 11.7 Å². The third-order valence-corrected chi connectivity index (χ3v) is 7.53. The molecule has 2 aliphatic rings. The molecule has 0 saturated carbocycles. The van der Waals surface area contributed by atoms with Crippen LogP contribution in [-0.4, -0.2) is 90.0 Å². The first-order valence-corrected chi connectivity index (χ1v) is 11.5. The van der Waals surface area contributed by atoms with E-state index >= 15 is 0 Å². The second-order valence-electron chi connectivity index (χ2n) is 7.42. The number of anilines is 1.